The van der Waals surface area contributed by atoms with E-state index in [9.17, 15) is 9.81 Å². The highest BCUT2D eigenvalue weighted by Crippen LogP contribution is 2.04. The molecule has 0 radical (unpaired) electrons. The number of halogens is 1. The molecule has 0 aromatic heterocycles. The van der Waals surface area contributed by atoms with Gasteiger partial charge in [0, 0.05) is 5.02 Å². The van der Waals surface area contributed by atoms with E-state index in [0.29, 0.717) is 10.5 Å². The Morgan fingerprint density at radius 2 is 1.58 bits per heavy atom. The molecule has 0 saturated heterocycles. The Morgan fingerprint density at radius 1 is 1.08 bits per heavy atom. The van der Waals surface area contributed by atoms with Crippen LogP contribution in [0.5, 0.6) is 0 Å². The molecule has 0 bridgehead atoms. The van der Waals surface area contributed by atoms with Crippen LogP contribution in [0.15, 0.2) is 34.4 Å². The molecule has 0 atom stereocenters. The summed E-state index contributed by atoms with van der Waals surface area (Å²) < 4.78 is 0. The lowest BCUT2D eigenvalue weighted by molar-refractivity contribution is 1.57. The number of rotatable bonds is 3. The van der Waals surface area contributed by atoms with Crippen LogP contribution in [0.3, 0.4) is 0 Å². The zero-order valence-corrected chi connectivity index (χ0v) is 6.73. The Balaban J connectivity index is 2.94. The van der Waals surface area contributed by atoms with Crippen molar-refractivity contribution >= 4 is 24.0 Å². The quantitative estimate of drug-likeness (QED) is 0.526. The highest BCUT2D eigenvalue weighted by molar-refractivity contribution is 6.69. The Bertz CT molecular complexity index is 282. The summed E-state index contributed by atoms with van der Waals surface area (Å²) in [5.41, 5.74) is 0.449. The lowest BCUT2D eigenvalue weighted by Gasteiger charge is -1.95. The minimum Gasteiger partial charge on any atom is -0.164 e. The van der Waals surface area contributed by atoms with Crippen molar-refractivity contribution in [1.29, 1.82) is 0 Å². The van der Waals surface area contributed by atoms with Gasteiger partial charge in [-0.3, -0.25) is 0 Å². The standard InChI is InChI=1S/C6H4BClN2O2/c8-6-3-1-5(2-4-6)7(9-11)10-12/h1-4H. The van der Waals surface area contributed by atoms with Gasteiger partial charge in [-0.1, -0.05) is 33.9 Å². The zero-order chi connectivity index (χ0) is 8.97. The number of nitrogens with zero attached hydrogens (tertiary/aromatic N) is 2. The van der Waals surface area contributed by atoms with Gasteiger partial charge in [-0.25, -0.2) is 0 Å². The average molecular weight is 182 g/mol. The smallest absolute Gasteiger partial charge is 0.164 e. The Labute approximate surface area is 74.0 Å². The molecule has 0 saturated carbocycles. The number of benzene rings is 1. The second-order valence-corrected chi connectivity index (χ2v) is 2.57. The highest BCUT2D eigenvalue weighted by Gasteiger charge is 2.20. The van der Waals surface area contributed by atoms with Crippen LogP contribution in [-0.4, -0.2) is 6.98 Å². The summed E-state index contributed by atoms with van der Waals surface area (Å²) >= 11 is 5.59. The van der Waals surface area contributed by atoms with Crippen LogP contribution < -0.4 is 5.46 Å². The maximum atomic E-state index is 10.0. The van der Waals surface area contributed by atoms with Crippen molar-refractivity contribution in [3.05, 3.63) is 39.1 Å². The van der Waals surface area contributed by atoms with E-state index in [2.05, 4.69) is 10.2 Å². The maximum absolute atomic E-state index is 10.0. The van der Waals surface area contributed by atoms with E-state index in [1.54, 1.807) is 12.1 Å². The van der Waals surface area contributed by atoms with E-state index in [4.69, 9.17) is 11.6 Å². The highest BCUT2D eigenvalue weighted by atomic mass is 35.5. The van der Waals surface area contributed by atoms with Gasteiger partial charge >= 0.3 is 6.98 Å². The molecule has 12 heavy (non-hydrogen) atoms. The first kappa shape index (κ1) is 8.87. The lowest BCUT2D eigenvalue weighted by atomic mass is 9.71. The molecule has 60 valence electrons. The van der Waals surface area contributed by atoms with Crippen molar-refractivity contribution in [3.63, 3.8) is 0 Å². The average Bonchev–Trinajstić information content (AvgIpc) is 2.10. The van der Waals surface area contributed by atoms with Crippen molar-refractivity contribution in [2.75, 3.05) is 0 Å². The van der Waals surface area contributed by atoms with Gasteiger partial charge in [0.05, 0.1) is 0 Å². The summed E-state index contributed by atoms with van der Waals surface area (Å²) in [5.74, 6) is 0. The molecule has 1 aromatic carbocycles. The van der Waals surface area contributed by atoms with Crippen LogP contribution in [-0.2, 0) is 0 Å². The summed E-state index contributed by atoms with van der Waals surface area (Å²) in [6.07, 6.45) is 0. The van der Waals surface area contributed by atoms with Gasteiger partial charge in [0.2, 0.25) is 0 Å². The van der Waals surface area contributed by atoms with Crippen LogP contribution in [0.1, 0.15) is 0 Å². The molecular formula is C6H4BClN2O2. The van der Waals surface area contributed by atoms with Crippen molar-refractivity contribution in [3.8, 4) is 0 Å². The molecule has 0 aliphatic rings. The normalized spacial score (nSPS) is 9.08. The van der Waals surface area contributed by atoms with Crippen LogP contribution in [0, 0.1) is 9.81 Å². The molecule has 4 nitrogen and oxygen atoms in total. The molecular weight excluding hydrogens is 178 g/mol. The van der Waals surface area contributed by atoms with Gasteiger partial charge in [-0.05, 0) is 17.6 Å². The molecule has 0 amide bonds. The van der Waals surface area contributed by atoms with Gasteiger partial charge in [0.1, 0.15) is 0 Å². The van der Waals surface area contributed by atoms with Crippen molar-refractivity contribution in [2.24, 2.45) is 10.2 Å². The molecule has 0 N–H and O–H groups in total. The third-order valence-electron chi connectivity index (χ3n) is 1.37. The van der Waals surface area contributed by atoms with Crippen molar-refractivity contribution in [2.45, 2.75) is 0 Å². The van der Waals surface area contributed by atoms with Gasteiger partial charge in [-0.15, -0.1) is 0 Å². The molecule has 1 aromatic rings. The summed E-state index contributed by atoms with van der Waals surface area (Å²) in [6, 6.07) is 6.21. The largest absolute Gasteiger partial charge is 0.548 e. The van der Waals surface area contributed by atoms with E-state index >= 15 is 0 Å². The Hall–Kier alpha value is -1.23. The minimum atomic E-state index is -1.16. The van der Waals surface area contributed by atoms with Crippen molar-refractivity contribution < 1.29 is 0 Å². The van der Waals surface area contributed by atoms with E-state index in [1.807, 2.05) is 0 Å². The van der Waals surface area contributed by atoms with E-state index in [0.717, 1.165) is 0 Å². The second kappa shape index (κ2) is 3.97. The van der Waals surface area contributed by atoms with E-state index in [1.165, 1.54) is 12.1 Å². The fraction of sp³-hybridized carbons (Fsp3) is 0. The lowest BCUT2D eigenvalue weighted by Crippen LogP contribution is -2.24. The third-order valence-corrected chi connectivity index (χ3v) is 1.62. The van der Waals surface area contributed by atoms with E-state index in [-0.39, 0.29) is 0 Å². The maximum Gasteiger partial charge on any atom is 0.548 e. The number of hydrogen-bond acceptors (Lipinski definition) is 4. The Kier molecular flexibility index (Phi) is 2.93. The predicted molar refractivity (Wildman–Crippen MR) is 48.4 cm³/mol. The van der Waals surface area contributed by atoms with E-state index < -0.39 is 6.98 Å². The van der Waals surface area contributed by atoms with Crippen molar-refractivity contribution in [1.82, 2.24) is 0 Å². The first-order chi connectivity index (χ1) is 5.77. The predicted octanol–water partition coefficient (Wildman–Crippen LogP) is 1.57. The molecule has 0 unspecified atom stereocenters. The summed E-state index contributed by atoms with van der Waals surface area (Å²) in [5, 5.41) is 5.60. The fourth-order valence-electron chi connectivity index (χ4n) is 0.776. The third kappa shape index (κ3) is 1.89. The molecule has 0 aliphatic heterocycles. The van der Waals surface area contributed by atoms with Crippen LogP contribution >= 0.6 is 11.6 Å². The SMILES string of the molecule is O=NB(N=O)c1ccc(Cl)cc1. The topological polar surface area (TPSA) is 58.9 Å². The van der Waals surface area contributed by atoms with Gasteiger partial charge in [0.25, 0.3) is 0 Å². The van der Waals surface area contributed by atoms with Gasteiger partial charge in [0.15, 0.2) is 0 Å². The molecule has 6 heteroatoms. The van der Waals surface area contributed by atoms with Crippen LogP contribution in [0.25, 0.3) is 0 Å². The molecule has 1 rings (SSSR count). The first-order valence-electron chi connectivity index (χ1n) is 3.18. The number of nitroso groups, excluding NO2 is 2. The molecule has 0 spiro atoms. The summed E-state index contributed by atoms with van der Waals surface area (Å²) in [7, 11) is 0. The summed E-state index contributed by atoms with van der Waals surface area (Å²) in [4.78, 5) is 20.1. The second-order valence-electron chi connectivity index (χ2n) is 2.14. The number of hydrogen-bond donors (Lipinski definition) is 0. The monoisotopic (exact) mass is 182 g/mol. The molecule has 0 aliphatic carbocycles. The molecule has 0 heterocycles. The summed E-state index contributed by atoms with van der Waals surface area (Å²) in [6.45, 7) is -1.16. The molecule has 0 fully saturated rings. The van der Waals surface area contributed by atoms with Crippen LogP contribution in [0.2, 0.25) is 5.02 Å². The van der Waals surface area contributed by atoms with Gasteiger partial charge < -0.3 is 0 Å². The first-order valence-corrected chi connectivity index (χ1v) is 3.56. The fourth-order valence-corrected chi connectivity index (χ4v) is 0.902. The Morgan fingerprint density at radius 3 is 2.00 bits per heavy atom. The zero-order valence-electron chi connectivity index (χ0n) is 5.98. The van der Waals surface area contributed by atoms with Crippen LogP contribution in [0.4, 0.5) is 0 Å². The van der Waals surface area contributed by atoms with Gasteiger partial charge in [-0.2, -0.15) is 9.81 Å². The minimum absolute atomic E-state index is 0.449.